The van der Waals surface area contributed by atoms with Crippen molar-refractivity contribution < 1.29 is 19.4 Å². The Bertz CT molecular complexity index is 306. The van der Waals surface area contributed by atoms with E-state index in [4.69, 9.17) is 4.74 Å². The van der Waals surface area contributed by atoms with Crippen molar-refractivity contribution >= 4 is 12.1 Å². The van der Waals surface area contributed by atoms with Crippen molar-refractivity contribution in [1.82, 2.24) is 0 Å². The molecule has 2 unspecified atom stereocenters. The Hall–Kier alpha value is -1.16. The van der Waals surface area contributed by atoms with Crippen molar-refractivity contribution in [2.24, 2.45) is 5.92 Å². The van der Waals surface area contributed by atoms with Crippen LogP contribution in [0.3, 0.4) is 0 Å². The summed E-state index contributed by atoms with van der Waals surface area (Å²) in [5, 5.41) is 9.58. The van der Waals surface area contributed by atoms with Gasteiger partial charge < -0.3 is 9.84 Å². The average molecular weight is 212 g/mol. The highest BCUT2D eigenvalue weighted by atomic mass is 16.5. The van der Waals surface area contributed by atoms with Gasteiger partial charge in [0.15, 0.2) is 12.1 Å². The smallest absolute Gasteiger partial charge is 0.203 e. The normalized spacial score (nSPS) is 30.4. The molecule has 2 atom stereocenters. The Labute approximate surface area is 88.9 Å². The molecule has 84 valence electrons. The Kier molecular flexibility index (Phi) is 3.29. The number of hydrogen-bond donors (Lipinski definition) is 1. The summed E-state index contributed by atoms with van der Waals surface area (Å²) in [5.74, 6) is -0.110. The van der Waals surface area contributed by atoms with E-state index < -0.39 is 17.5 Å². The zero-order valence-corrected chi connectivity index (χ0v) is 9.19. The summed E-state index contributed by atoms with van der Waals surface area (Å²) in [6.07, 6.45) is 1.69. The highest BCUT2D eigenvalue weighted by molar-refractivity contribution is 6.03. The van der Waals surface area contributed by atoms with E-state index in [1.165, 1.54) is 13.0 Å². The molecule has 0 fully saturated rings. The van der Waals surface area contributed by atoms with Gasteiger partial charge in [0.2, 0.25) is 5.60 Å². The third-order valence-corrected chi connectivity index (χ3v) is 2.44. The molecule has 0 radical (unpaired) electrons. The first kappa shape index (κ1) is 11.9. The molecule has 1 heterocycles. The van der Waals surface area contributed by atoms with Crippen LogP contribution in [0.2, 0.25) is 0 Å². The summed E-state index contributed by atoms with van der Waals surface area (Å²) in [5.41, 5.74) is -1.57. The maximum atomic E-state index is 11.3. The van der Waals surface area contributed by atoms with Gasteiger partial charge in [-0.1, -0.05) is 13.8 Å². The number of aldehydes is 1. The largest absolute Gasteiger partial charge is 0.510 e. The van der Waals surface area contributed by atoms with Gasteiger partial charge in [-0.3, -0.25) is 9.59 Å². The van der Waals surface area contributed by atoms with Crippen LogP contribution in [-0.4, -0.2) is 28.9 Å². The maximum Gasteiger partial charge on any atom is 0.203 e. The molecule has 0 saturated heterocycles. The number of aliphatic hydroxyl groups is 1. The number of carbonyl (C=O) groups is 2. The molecule has 0 amide bonds. The molecule has 1 rings (SSSR count). The molecule has 0 aromatic carbocycles. The monoisotopic (exact) mass is 212 g/mol. The summed E-state index contributed by atoms with van der Waals surface area (Å²) < 4.78 is 5.32. The van der Waals surface area contributed by atoms with Gasteiger partial charge in [-0.15, -0.1) is 0 Å². The van der Waals surface area contributed by atoms with Gasteiger partial charge >= 0.3 is 0 Å². The first-order valence-electron chi connectivity index (χ1n) is 4.98. The second kappa shape index (κ2) is 4.14. The van der Waals surface area contributed by atoms with Gasteiger partial charge in [-0.2, -0.15) is 0 Å². The summed E-state index contributed by atoms with van der Waals surface area (Å²) in [4.78, 5) is 22.1. The fourth-order valence-corrected chi connectivity index (χ4v) is 1.57. The fourth-order valence-electron chi connectivity index (χ4n) is 1.57. The molecular formula is C11H16O4. The molecule has 1 aliphatic heterocycles. The second-order valence-electron chi connectivity index (χ2n) is 4.27. The number of ether oxygens (including phenoxy) is 1. The molecule has 1 aliphatic rings. The number of hydrogen-bond acceptors (Lipinski definition) is 4. The average Bonchev–Trinajstić information content (AvgIpc) is 2.44. The molecule has 0 saturated carbocycles. The van der Waals surface area contributed by atoms with Crippen LogP contribution in [0, 0.1) is 5.92 Å². The van der Waals surface area contributed by atoms with Crippen molar-refractivity contribution in [3.63, 3.8) is 0 Å². The standard InChI is InChI=1S/C11H16O4/c1-7(2)4-10-9(14)5-11(6-12,15-10)8(3)13/h5-7,10,14H,4H2,1-3H3. The maximum absolute atomic E-state index is 11.3. The predicted octanol–water partition coefficient (Wildman–Crippen LogP) is 1.40. The highest BCUT2D eigenvalue weighted by Crippen LogP contribution is 2.30. The van der Waals surface area contributed by atoms with Crippen molar-refractivity contribution in [1.29, 1.82) is 0 Å². The van der Waals surface area contributed by atoms with E-state index in [1.807, 2.05) is 13.8 Å². The van der Waals surface area contributed by atoms with E-state index in [0.717, 1.165) is 0 Å². The van der Waals surface area contributed by atoms with Crippen LogP contribution in [0.15, 0.2) is 11.8 Å². The van der Waals surface area contributed by atoms with Gasteiger partial charge in [0.05, 0.1) is 0 Å². The topological polar surface area (TPSA) is 63.6 Å². The fraction of sp³-hybridized carbons (Fsp3) is 0.636. The Balaban J connectivity index is 2.86. The molecule has 0 aliphatic carbocycles. The lowest BCUT2D eigenvalue weighted by Gasteiger charge is -2.20. The molecule has 15 heavy (non-hydrogen) atoms. The Morgan fingerprint density at radius 2 is 2.33 bits per heavy atom. The van der Waals surface area contributed by atoms with E-state index in [1.54, 1.807) is 0 Å². The van der Waals surface area contributed by atoms with Gasteiger partial charge in [-0.25, -0.2) is 0 Å². The Morgan fingerprint density at radius 3 is 2.67 bits per heavy atom. The van der Waals surface area contributed by atoms with Crippen molar-refractivity contribution in [3.05, 3.63) is 11.8 Å². The lowest BCUT2D eigenvalue weighted by Crippen LogP contribution is -2.39. The molecule has 1 N–H and O–H groups in total. The van der Waals surface area contributed by atoms with Gasteiger partial charge in [-0.05, 0) is 19.3 Å². The minimum absolute atomic E-state index is 0.0222. The Morgan fingerprint density at radius 1 is 1.73 bits per heavy atom. The van der Waals surface area contributed by atoms with E-state index in [9.17, 15) is 14.7 Å². The van der Waals surface area contributed by atoms with Crippen molar-refractivity contribution in [3.8, 4) is 0 Å². The van der Waals surface area contributed by atoms with Gasteiger partial charge in [0, 0.05) is 6.08 Å². The van der Waals surface area contributed by atoms with Crippen LogP contribution in [0.5, 0.6) is 0 Å². The number of rotatable bonds is 4. The third-order valence-electron chi connectivity index (χ3n) is 2.44. The predicted molar refractivity (Wildman–Crippen MR) is 54.5 cm³/mol. The minimum Gasteiger partial charge on any atom is -0.510 e. The first-order chi connectivity index (χ1) is 6.91. The lowest BCUT2D eigenvalue weighted by atomic mass is 10.0. The minimum atomic E-state index is -1.57. The van der Waals surface area contributed by atoms with Gasteiger partial charge in [0.1, 0.15) is 11.9 Å². The summed E-state index contributed by atoms with van der Waals surface area (Å²) in [7, 11) is 0. The molecule has 4 nitrogen and oxygen atoms in total. The third kappa shape index (κ3) is 2.26. The van der Waals surface area contributed by atoms with E-state index in [-0.39, 0.29) is 5.76 Å². The second-order valence-corrected chi connectivity index (χ2v) is 4.27. The number of aliphatic hydroxyl groups excluding tert-OH is 1. The van der Waals surface area contributed by atoms with E-state index in [2.05, 4.69) is 0 Å². The summed E-state index contributed by atoms with van der Waals surface area (Å²) in [6, 6.07) is 0. The molecule has 0 spiro atoms. The quantitative estimate of drug-likeness (QED) is 0.565. The number of Topliss-reactive ketones (excluding diaryl/α,β-unsaturated/α-hetero) is 1. The SMILES string of the molecule is CC(=O)C1(C=O)C=C(O)C(CC(C)C)O1. The van der Waals surface area contributed by atoms with Gasteiger partial charge in [0.25, 0.3) is 0 Å². The zero-order chi connectivity index (χ0) is 11.6. The molecule has 0 aromatic heterocycles. The molecule has 0 aromatic rings. The van der Waals surface area contributed by atoms with Crippen LogP contribution >= 0.6 is 0 Å². The first-order valence-corrected chi connectivity index (χ1v) is 4.98. The van der Waals surface area contributed by atoms with Crippen molar-refractivity contribution in [2.45, 2.75) is 38.9 Å². The van der Waals surface area contributed by atoms with Crippen molar-refractivity contribution in [2.75, 3.05) is 0 Å². The lowest BCUT2D eigenvalue weighted by molar-refractivity contribution is -0.145. The summed E-state index contributed by atoms with van der Waals surface area (Å²) in [6.45, 7) is 5.23. The molecular weight excluding hydrogens is 196 g/mol. The molecule has 4 heteroatoms. The van der Waals surface area contributed by atoms with Crippen LogP contribution in [0.1, 0.15) is 27.2 Å². The van der Waals surface area contributed by atoms with Crippen LogP contribution in [-0.2, 0) is 14.3 Å². The van der Waals surface area contributed by atoms with Crippen LogP contribution < -0.4 is 0 Å². The number of carbonyl (C=O) groups excluding carboxylic acids is 2. The molecule has 0 bridgehead atoms. The zero-order valence-electron chi connectivity index (χ0n) is 9.19. The highest BCUT2D eigenvalue weighted by Gasteiger charge is 2.44. The summed E-state index contributed by atoms with van der Waals surface area (Å²) >= 11 is 0. The van der Waals surface area contributed by atoms with Crippen LogP contribution in [0.25, 0.3) is 0 Å². The van der Waals surface area contributed by atoms with E-state index in [0.29, 0.717) is 18.6 Å². The van der Waals surface area contributed by atoms with Crippen LogP contribution in [0.4, 0.5) is 0 Å². The van der Waals surface area contributed by atoms with E-state index >= 15 is 0 Å². The number of ketones is 1.